The third kappa shape index (κ3) is 7.50. The molecule has 0 saturated heterocycles. The van der Waals surface area contributed by atoms with E-state index >= 15 is 0 Å². The third-order valence-electron chi connectivity index (χ3n) is 7.09. The van der Waals surface area contributed by atoms with Crippen molar-refractivity contribution in [2.45, 2.75) is 77.9 Å². The molecule has 3 aromatic rings. The van der Waals surface area contributed by atoms with Crippen LogP contribution < -0.4 is 9.62 Å². The summed E-state index contributed by atoms with van der Waals surface area (Å²) in [7, 11) is -4.10. The molecular formula is C32H41N3O4S. The summed E-state index contributed by atoms with van der Waals surface area (Å²) in [5, 5.41) is 3.00. The van der Waals surface area contributed by atoms with Crippen LogP contribution in [0.4, 0.5) is 5.69 Å². The summed E-state index contributed by atoms with van der Waals surface area (Å²) in [5.74, 6) is -0.703. The Labute approximate surface area is 239 Å². The lowest BCUT2D eigenvalue weighted by Crippen LogP contribution is -2.53. The van der Waals surface area contributed by atoms with E-state index in [1.165, 1.54) is 9.21 Å². The van der Waals surface area contributed by atoms with Gasteiger partial charge in [0.25, 0.3) is 10.0 Å². The number of anilines is 1. The highest BCUT2D eigenvalue weighted by atomic mass is 32.2. The molecule has 2 atom stereocenters. The minimum absolute atomic E-state index is 0.0520. The fraction of sp³-hybridized carbons (Fsp3) is 0.375. The zero-order chi connectivity index (χ0) is 29.4. The second kappa shape index (κ2) is 13.6. The molecule has 3 aromatic carbocycles. The SMILES string of the molecule is CC[C@@H](C)NC(=O)[C@@H](CC)N(Cc1ccccc1)C(=O)CN(c1ccc(C)cc1C)S(=O)(=O)c1ccc(C)cc1. The molecule has 3 rings (SSSR count). The van der Waals surface area contributed by atoms with Crippen molar-refractivity contribution in [3.63, 3.8) is 0 Å². The van der Waals surface area contributed by atoms with Crippen molar-refractivity contribution in [3.8, 4) is 0 Å². The molecule has 214 valence electrons. The maximum atomic E-state index is 14.1. The Bertz CT molecular complexity index is 1410. The molecule has 7 nitrogen and oxygen atoms in total. The molecule has 0 heterocycles. The van der Waals surface area contributed by atoms with E-state index in [9.17, 15) is 18.0 Å². The number of rotatable bonds is 12. The Morgan fingerprint density at radius 3 is 2.05 bits per heavy atom. The average molecular weight is 564 g/mol. The highest BCUT2D eigenvalue weighted by Crippen LogP contribution is 2.28. The monoisotopic (exact) mass is 563 g/mol. The standard InChI is InChI=1S/C32H41N3O4S/c1-7-26(6)33-32(37)29(8-2)34(21-27-12-10-9-11-13-27)31(36)22-35(30-19-16-24(4)20-25(30)5)40(38,39)28-17-14-23(3)15-18-28/h9-20,26,29H,7-8,21-22H2,1-6H3,(H,33,37)/t26-,29-/m1/s1. The van der Waals surface area contributed by atoms with Crippen molar-refractivity contribution in [2.24, 2.45) is 0 Å². The molecule has 0 aliphatic heterocycles. The van der Waals surface area contributed by atoms with Crippen LogP contribution >= 0.6 is 0 Å². The summed E-state index contributed by atoms with van der Waals surface area (Å²) in [6.45, 7) is 11.2. The molecule has 0 aliphatic carbocycles. The van der Waals surface area contributed by atoms with Crippen molar-refractivity contribution >= 4 is 27.5 Å². The largest absolute Gasteiger partial charge is 0.352 e. The van der Waals surface area contributed by atoms with Crippen LogP contribution in [0, 0.1) is 20.8 Å². The molecule has 40 heavy (non-hydrogen) atoms. The smallest absolute Gasteiger partial charge is 0.264 e. The summed E-state index contributed by atoms with van der Waals surface area (Å²) in [6, 6.07) is 20.7. The van der Waals surface area contributed by atoms with Crippen molar-refractivity contribution in [1.29, 1.82) is 0 Å². The molecule has 0 spiro atoms. The first-order valence-corrected chi connectivity index (χ1v) is 15.2. The van der Waals surface area contributed by atoms with Crippen LogP contribution in [-0.4, -0.2) is 43.8 Å². The molecule has 8 heteroatoms. The fourth-order valence-electron chi connectivity index (χ4n) is 4.58. The van der Waals surface area contributed by atoms with Crippen molar-refractivity contribution in [1.82, 2.24) is 10.2 Å². The lowest BCUT2D eigenvalue weighted by molar-refractivity contribution is -0.140. The van der Waals surface area contributed by atoms with E-state index < -0.39 is 28.5 Å². The molecule has 0 radical (unpaired) electrons. The number of hydrogen-bond donors (Lipinski definition) is 1. The maximum absolute atomic E-state index is 14.1. The Hall–Kier alpha value is -3.65. The van der Waals surface area contributed by atoms with Crippen LogP contribution in [0.5, 0.6) is 0 Å². The summed E-state index contributed by atoms with van der Waals surface area (Å²) in [6.07, 6.45) is 1.14. The summed E-state index contributed by atoms with van der Waals surface area (Å²) >= 11 is 0. The molecule has 2 amide bonds. The quantitative estimate of drug-likeness (QED) is 0.314. The minimum atomic E-state index is -4.10. The van der Waals surface area contributed by atoms with Crippen LogP contribution in [0.1, 0.15) is 55.9 Å². The molecule has 0 unspecified atom stereocenters. The molecule has 0 aromatic heterocycles. The average Bonchev–Trinajstić information content (AvgIpc) is 2.92. The Kier molecular flexibility index (Phi) is 10.5. The zero-order valence-electron chi connectivity index (χ0n) is 24.3. The van der Waals surface area contributed by atoms with Crippen molar-refractivity contribution in [3.05, 3.63) is 95.1 Å². The van der Waals surface area contributed by atoms with E-state index in [2.05, 4.69) is 5.32 Å². The van der Waals surface area contributed by atoms with Crippen LogP contribution in [-0.2, 0) is 26.2 Å². The summed E-state index contributed by atoms with van der Waals surface area (Å²) in [4.78, 5) is 29.1. The lowest BCUT2D eigenvalue weighted by atomic mass is 10.1. The third-order valence-corrected chi connectivity index (χ3v) is 8.87. The molecular weight excluding hydrogens is 522 g/mol. The van der Waals surface area contributed by atoms with Gasteiger partial charge in [-0.05, 0) is 69.9 Å². The van der Waals surface area contributed by atoms with E-state index in [0.717, 1.165) is 28.7 Å². The van der Waals surface area contributed by atoms with E-state index in [1.807, 2.05) is 84.0 Å². The van der Waals surface area contributed by atoms with Gasteiger partial charge in [-0.25, -0.2) is 8.42 Å². The number of nitrogens with zero attached hydrogens (tertiary/aromatic N) is 2. The van der Waals surface area contributed by atoms with Gasteiger partial charge in [-0.2, -0.15) is 0 Å². The summed E-state index contributed by atoms with van der Waals surface area (Å²) in [5.41, 5.74) is 3.93. The van der Waals surface area contributed by atoms with Crippen LogP contribution in [0.3, 0.4) is 0 Å². The van der Waals surface area contributed by atoms with Crippen LogP contribution in [0.2, 0.25) is 0 Å². The molecule has 0 fully saturated rings. The number of carbonyl (C=O) groups excluding carboxylic acids is 2. The highest BCUT2D eigenvalue weighted by molar-refractivity contribution is 7.92. The molecule has 1 N–H and O–H groups in total. The predicted molar refractivity (Wildman–Crippen MR) is 161 cm³/mol. The van der Waals surface area contributed by atoms with Gasteiger partial charge in [0.2, 0.25) is 11.8 Å². The number of sulfonamides is 1. The normalized spacial score (nSPS) is 12.8. The second-order valence-corrected chi connectivity index (χ2v) is 12.2. The first kappa shape index (κ1) is 30.9. The van der Waals surface area contributed by atoms with Gasteiger partial charge in [0.05, 0.1) is 10.6 Å². The van der Waals surface area contributed by atoms with Crippen LogP contribution in [0.15, 0.2) is 77.7 Å². The molecule has 0 aliphatic rings. The lowest BCUT2D eigenvalue weighted by Gasteiger charge is -2.34. The van der Waals surface area contributed by atoms with Gasteiger partial charge in [-0.15, -0.1) is 0 Å². The maximum Gasteiger partial charge on any atom is 0.264 e. The molecule has 0 bridgehead atoms. The number of benzene rings is 3. The van der Waals surface area contributed by atoms with E-state index in [-0.39, 0.29) is 23.4 Å². The molecule has 0 saturated carbocycles. The number of aryl methyl sites for hydroxylation is 3. The second-order valence-electron chi connectivity index (χ2n) is 10.4. The van der Waals surface area contributed by atoms with Crippen LogP contribution in [0.25, 0.3) is 0 Å². The van der Waals surface area contributed by atoms with Gasteiger partial charge in [-0.3, -0.25) is 13.9 Å². The van der Waals surface area contributed by atoms with Crippen molar-refractivity contribution < 1.29 is 18.0 Å². The van der Waals surface area contributed by atoms with Gasteiger partial charge in [-0.1, -0.05) is 79.6 Å². The fourth-order valence-corrected chi connectivity index (χ4v) is 6.06. The van der Waals surface area contributed by atoms with Gasteiger partial charge < -0.3 is 10.2 Å². The summed E-state index contributed by atoms with van der Waals surface area (Å²) < 4.78 is 29.2. The topological polar surface area (TPSA) is 86.8 Å². The van der Waals surface area contributed by atoms with E-state index in [4.69, 9.17) is 0 Å². The van der Waals surface area contributed by atoms with E-state index in [0.29, 0.717) is 12.1 Å². The Morgan fingerprint density at radius 2 is 1.48 bits per heavy atom. The van der Waals surface area contributed by atoms with E-state index in [1.54, 1.807) is 30.3 Å². The van der Waals surface area contributed by atoms with Gasteiger partial charge >= 0.3 is 0 Å². The Balaban J connectivity index is 2.08. The first-order chi connectivity index (χ1) is 19.0. The first-order valence-electron chi connectivity index (χ1n) is 13.8. The number of nitrogens with one attached hydrogen (secondary N) is 1. The number of carbonyl (C=O) groups is 2. The predicted octanol–water partition coefficient (Wildman–Crippen LogP) is 5.53. The van der Waals surface area contributed by atoms with Crippen molar-refractivity contribution in [2.75, 3.05) is 10.8 Å². The number of hydrogen-bond acceptors (Lipinski definition) is 4. The Morgan fingerprint density at radius 1 is 0.850 bits per heavy atom. The van der Waals surface area contributed by atoms with Gasteiger partial charge in [0, 0.05) is 12.6 Å². The highest BCUT2D eigenvalue weighted by Gasteiger charge is 2.34. The van der Waals surface area contributed by atoms with Gasteiger partial charge in [0.15, 0.2) is 0 Å². The number of amides is 2. The zero-order valence-corrected chi connectivity index (χ0v) is 25.2. The minimum Gasteiger partial charge on any atom is -0.352 e. The van der Waals surface area contributed by atoms with Gasteiger partial charge in [0.1, 0.15) is 12.6 Å².